The Morgan fingerprint density at radius 1 is 1.57 bits per heavy atom. The standard InChI is InChI=1S/C14H19FN4O2/c1-19-8-12(2-3-13(19)20)17-7-9-4-10(14(16)18-21)6-11(15)5-9/h4-6,12,17,21H,2-3,7-8H2,1H3,(H2,16,18). The Bertz CT molecular complexity index is 562. The molecule has 1 heterocycles. The number of rotatable bonds is 4. The van der Waals surface area contributed by atoms with Gasteiger partial charge in [0.05, 0.1) is 0 Å². The first kappa shape index (κ1) is 15.2. The van der Waals surface area contributed by atoms with Crippen molar-refractivity contribution in [1.82, 2.24) is 10.2 Å². The Balaban J connectivity index is 2.00. The van der Waals surface area contributed by atoms with Crippen LogP contribution in [0.2, 0.25) is 0 Å². The Hall–Kier alpha value is -2.15. The van der Waals surface area contributed by atoms with Crippen molar-refractivity contribution in [1.29, 1.82) is 0 Å². The SMILES string of the molecule is CN1CC(NCc2cc(F)cc(/C(N)=N/O)c2)CCC1=O. The fourth-order valence-corrected chi connectivity index (χ4v) is 2.40. The summed E-state index contributed by atoms with van der Waals surface area (Å²) in [6.07, 6.45) is 1.29. The third-order valence-corrected chi connectivity index (χ3v) is 3.58. The number of carbonyl (C=O) groups is 1. The fourth-order valence-electron chi connectivity index (χ4n) is 2.40. The summed E-state index contributed by atoms with van der Waals surface area (Å²) >= 11 is 0. The lowest BCUT2D eigenvalue weighted by atomic mass is 10.0. The van der Waals surface area contributed by atoms with Crippen molar-refractivity contribution < 1.29 is 14.4 Å². The van der Waals surface area contributed by atoms with Gasteiger partial charge in [-0.2, -0.15) is 0 Å². The summed E-state index contributed by atoms with van der Waals surface area (Å²) < 4.78 is 13.5. The number of benzene rings is 1. The molecule has 7 heteroatoms. The lowest BCUT2D eigenvalue weighted by Crippen LogP contribution is -2.46. The van der Waals surface area contributed by atoms with E-state index in [4.69, 9.17) is 10.9 Å². The second kappa shape index (κ2) is 6.53. The number of oxime groups is 1. The Kier molecular flexibility index (Phi) is 4.74. The quantitative estimate of drug-likeness (QED) is 0.329. The molecule has 1 aromatic carbocycles. The fraction of sp³-hybridized carbons (Fsp3) is 0.429. The average Bonchev–Trinajstić information content (AvgIpc) is 2.47. The highest BCUT2D eigenvalue weighted by atomic mass is 19.1. The number of carbonyl (C=O) groups excluding carboxylic acids is 1. The number of likely N-dealkylation sites (tertiary alicyclic amines) is 1. The molecule has 6 nitrogen and oxygen atoms in total. The predicted molar refractivity (Wildman–Crippen MR) is 76.4 cm³/mol. The van der Waals surface area contributed by atoms with Gasteiger partial charge >= 0.3 is 0 Å². The van der Waals surface area contributed by atoms with Crippen molar-refractivity contribution in [3.63, 3.8) is 0 Å². The van der Waals surface area contributed by atoms with Gasteiger partial charge in [0.1, 0.15) is 5.82 Å². The smallest absolute Gasteiger partial charge is 0.222 e. The second-order valence-corrected chi connectivity index (χ2v) is 5.22. The van der Waals surface area contributed by atoms with Crippen molar-refractivity contribution in [3.8, 4) is 0 Å². The summed E-state index contributed by atoms with van der Waals surface area (Å²) in [5, 5.41) is 14.8. The molecule has 0 aromatic heterocycles. The molecule has 0 bridgehead atoms. The molecule has 1 fully saturated rings. The van der Waals surface area contributed by atoms with Gasteiger partial charge in [-0.1, -0.05) is 5.16 Å². The topological polar surface area (TPSA) is 90.9 Å². The molecule has 0 saturated carbocycles. The van der Waals surface area contributed by atoms with Crippen LogP contribution in [0.4, 0.5) is 4.39 Å². The van der Waals surface area contributed by atoms with Gasteiger partial charge in [-0.05, 0) is 30.2 Å². The van der Waals surface area contributed by atoms with E-state index in [1.807, 2.05) is 0 Å². The van der Waals surface area contributed by atoms with Crippen LogP contribution in [0.3, 0.4) is 0 Å². The molecule has 21 heavy (non-hydrogen) atoms. The maximum Gasteiger partial charge on any atom is 0.222 e. The molecular formula is C14H19FN4O2. The zero-order valence-corrected chi connectivity index (χ0v) is 11.8. The number of hydrogen-bond donors (Lipinski definition) is 3. The third-order valence-electron chi connectivity index (χ3n) is 3.58. The molecule has 0 aliphatic carbocycles. The van der Waals surface area contributed by atoms with Crippen LogP contribution >= 0.6 is 0 Å². The minimum atomic E-state index is -0.438. The Morgan fingerprint density at radius 3 is 3.00 bits per heavy atom. The van der Waals surface area contributed by atoms with Crippen LogP contribution in [-0.2, 0) is 11.3 Å². The van der Waals surface area contributed by atoms with Gasteiger partial charge in [-0.25, -0.2) is 4.39 Å². The van der Waals surface area contributed by atoms with Crippen LogP contribution in [-0.4, -0.2) is 41.5 Å². The maximum absolute atomic E-state index is 13.5. The number of nitrogens with zero attached hydrogens (tertiary/aromatic N) is 2. The normalized spacial score (nSPS) is 19.9. The largest absolute Gasteiger partial charge is 0.409 e. The summed E-state index contributed by atoms with van der Waals surface area (Å²) in [5.41, 5.74) is 6.52. The second-order valence-electron chi connectivity index (χ2n) is 5.22. The van der Waals surface area contributed by atoms with E-state index in [-0.39, 0.29) is 17.8 Å². The molecule has 2 rings (SSSR count). The number of likely N-dealkylation sites (N-methyl/N-ethyl adjacent to an activating group) is 1. The van der Waals surface area contributed by atoms with Gasteiger partial charge in [0.25, 0.3) is 0 Å². The van der Waals surface area contributed by atoms with E-state index in [2.05, 4.69) is 10.5 Å². The summed E-state index contributed by atoms with van der Waals surface area (Å²) in [7, 11) is 1.77. The lowest BCUT2D eigenvalue weighted by molar-refractivity contribution is -0.132. The van der Waals surface area contributed by atoms with E-state index in [0.717, 1.165) is 6.42 Å². The first-order chi connectivity index (χ1) is 9.99. The van der Waals surface area contributed by atoms with Crippen molar-refractivity contribution in [2.24, 2.45) is 10.9 Å². The van der Waals surface area contributed by atoms with Crippen LogP contribution in [0.15, 0.2) is 23.4 Å². The number of piperidine rings is 1. The van der Waals surface area contributed by atoms with E-state index >= 15 is 0 Å². The van der Waals surface area contributed by atoms with Gasteiger partial charge in [0, 0.05) is 38.2 Å². The first-order valence-electron chi connectivity index (χ1n) is 6.74. The van der Waals surface area contributed by atoms with Crippen LogP contribution in [0.5, 0.6) is 0 Å². The van der Waals surface area contributed by atoms with Crippen LogP contribution in [0, 0.1) is 5.82 Å². The zero-order valence-electron chi connectivity index (χ0n) is 11.8. The van der Waals surface area contributed by atoms with Crippen molar-refractivity contribution in [3.05, 3.63) is 35.1 Å². The number of nitrogens with two attached hydrogens (primary N) is 1. The summed E-state index contributed by atoms with van der Waals surface area (Å²) in [5.74, 6) is -0.418. The maximum atomic E-state index is 13.5. The molecule has 1 aliphatic heterocycles. The van der Waals surface area contributed by atoms with Crippen molar-refractivity contribution >= 4 is 11.7 Å². The van der Waals surface area contributed by atoms with Crippen LogP contribution in [0.1, 0.15) is 24.0 Å². The Labute approximate surface area is 122 Å². The van der Waals surface area contributed by atoms with E-state index in [9.17, 15) is 9.18 Å². The molecule has 1 atom stereocenters. The van der Waals surface area contributed by atoms with E-state index < -0.39 is 5.82 Å². The molecule has 1 aliphatic rings. The number of nitrogens with one attached hydrogen (secondary N) is 1. The number of hydrogen-bond acceptors (Lipinski definition) is 4. The lowest BCUT2D eigenvalue weighted by Gasteiger charge is -2.30. The van der Waals surface area contributed by atoms with E-state index in [1.165, 1.54) is 12.1 Å². The molecule has 1 amide bonds. The van der Waals surface area contributed by atoms with Gasteiger partial charge < -0.3 is 21.2 Å². The van der Waals surface area contributed by atoms with Crippen LogP contribution in [0.25, 0.3) is 0 Å². The molecule has 0 spiro atoms. The predicted octanol–water partition coefficient (Wildman–Crippen LogP) is 0.631. The molecule has 0 radical (unpaired) electrons. The minimum absolute atomic E-state index is 0.126. The molecule has 1 unspecified atom stereocenters. The first-order valence-corrected chi connectivity index (χ1v) is 6.74. The highest BCUT2D eigenvalue weighted by Crippen LogP contribution is 2.13. The molecule has 114 valence electrons. The van der Waals surface area contributed by atoms with Gasteiger partial charge in [0.2, 0.25) is 5.91 Å². The summed E-state index contributed by atoms with van der Waals surface area (Å²) in [6, 6.07) is 4.47. The molecule has 1 aromatic rings. The highest BCUT2D eigenvalue weighted by molar-refractivity contribution is 5.97. The third kappa shape index (κ3) is 3.91. The monoisotopic (exact) mass is 294 g/mol. The molecular weight excluding hydrogens is 275 g/mol. The summed E-state index contributed by atoms with van der Waals surface area (Å²) in [4.78, 5) is 13.1. The zero-order chi connectivity index (χ0) is 15.4. The molecule has 4 N–H and O–H groups in total. The van der Waals surface area contributed by atoms with E-state index in [0.29, 0.717) is 30.6 Å². The number of amides is 1. The van der Waals surface area contributed by atoms with Gasteiger partial charge in [-0.3, -0.25) is 4.79 Å². The average molecular weight is 294 g/mol. The van der Waals surface area contributed by atoms with Crippen LogP contribution < -0.4 is 11.1 Å². The molecule has 1 saturated heterocycles. The van der Waals surface area contributed by atoms with Crippen molar-refractivity contribution in [2.45, 2.75) is 25.4 Å². The number of halogens is 1. The van der Waals surface area contributed by atoms with Gasteiger partial charge in [0.15, 0.2) is 5.84 Å². The number of amidine groups is 1. The van der Waals surface area contributed by atoms with Gasteiger partial charge in [-0.15, -0.1) is 0 Å². The minimum Gasteiger partial charge on any atom is -0.409 e. The Morgan fingerprint density at radius 2 is 2.33 bits per heavy atom. The van der Waals surface area contributed by atoms with Crippen molar-refractivity contribution in [2.75, 3.05) is 13.6 Å². The highest BCUT2D eigenvalue weighted by Gasteiger charge is 2.22. The van der Waals surface area contributed by atoms with E-state index in [1.54, 1.807) is 18.0 Å². The summed E-state index contributed by atoms with van der Waals surface area (Å²) in [6.45, 7) is 1.09.